The van der Waals surface area contributed by atoms with Crippen LogP contribution < -0.4 is 4.72 Å². The molecule has 1 N–H and O–H groups in total. The number of carbonyl (C=O) groups is 1. The number of ketones is 1. The first-order chi connectivity index (χ1) is 15.0. The van der Waals surface area contributed by atoms with Crippen molar-refractivity contribution < 1.29 is 17.9 Å². The van der Waals surface area contributed by atoms with Gasteiger partial charge >= 0.3 is 0 Å². The van der Waals surface area contributed by atoms with Crippen LogP contribution in [0.2, 0.25) is 0 Å². The molecule has 162 valence electrons. The van der Waals surface area contributed by atoms with Gasteiger partial charge < -0.3 is 9.27 Å². The Morgan fingerprint density at radius 1 is 1.00 bits per heavy atom. The molecule has 0 saturated heterocycles. The maximum Gasteiger partial charge on any atom is 0.179 e. The minimum atomic E-state index is -2.61. The molecule has 3 rings (SSSR count). The van der Waals surface area contributed by atoms with E-state index >= 15 is 0 Å². The van der Waals surface area contributed by atoms with Crippen LogP contribution in [-0.4, -0.2) is 25.5 Å². The fraction of sp³-hybridized carbons (Fsp3) is 0.208. The predicted octanol–water partition coefficient (Wildman–Crippen LogP) is 4.64. The number of nitrogens with one attached hydrogen (secondary N) is 1. The fourth-order valence-electron chi connectivity index (χ4n) is 3.40. The molecule has 2 atom stereocenters. The Morgan fingerprint density at radius 3 is 2.03 bits per heavy atom. The lowest BCUT2D eigenvalue weighted by Crippen LogP contribution is -2.38. The zero-order valence-electron chi connectivity index (χ0n) is 17.2. The van der Waals surface area contributed by atoms with Crippen LogP contribution in [0.5, 0.6) is 0 Å². The topological polar surface area (TPSA) is 72.5 Å². The van der Waals surface area contributed by atoms with Crippen molar-refractivity contribution in [1.29, 1.82) is 0 Å². The summed E-state index contributed by atoms with van der Waals surface area (Å²) in [5.74, 6) is -0.169. The summed E-state index contributed by atoms with van der Waals surface area (Å²) in [7, 11) is 0. The largest absolute Gasteiger partial charge is 0.755 e. The summed E-state index contributed by atoms with van der Waals surface area (Å²) in [6, 6.07) is 23.7. The summed E-state index contributed by atoms with van der Waals surface area (Å²) in [5, 5.41) is 0. The molecule has 0 bridgehead atoms. The average Bonchev–Trinajstić information content (AvgIpc) is 2.78. The monoisotopic (exact) mass is 439 g/mol. The Hall–Kier alpha value is -2.87. The van der Waals surface area contributed by atoms with E-state index in [0.29, 0.717) is 18.7 Å². The lowest BCUT2D eigenvalue weighted by atomic mass is 10.0. The number of carbonyl (C=O) groups excluding carboxylic acids is 1. The highest BCUT2D eigenvalue weighted by molar-refractivity contribution is 7.80. The quantitative estimate of drug-likeness (QED) is 0.369. The van der Waals surface area contributed by atoms with E-state index in [1.165, 1.54) is 18.2 Å². The highest BCUT2D eigenvalue weighted by Crippen LogP contribution is 2.23. The summed E-state index contributed by atoms with van der Waals surface area (Å²) >= 11 is -2.61. The van der Waals surface area contributed by atoms with Gasteiger partial charge in [0.25, 0.3) is 0 Å². The maximum atomic E-state index is 13.3. The third-order valence-corrected chi connectivity index (χ3v) is 5.50. The minimum Gasteiger partial charge on any atom is -0.755 e. The smallest absolute Gasteiger partial charge is 0.179 e. The Labute approximate surface area is 184 Å². The van der Waals surface area contributed by atoms with Crippen molar-refractivity contribution in [2.45, 2.75) is 32.7 Å². The van der Waals surface area contributed by atoms with Crippen LogP contribution in [0.25, 0.3) is 0 Å². The van der Waals surface area contributed by atoms with Crippen molar-refractivity contribution in [3.8, 4) is 0 Å². The van der Waals surface area contributed by atoms with Gasteiger partial charge in [-0.15, -0.1) is 0 Å². The van der Waals surface area contributed by atoms with Crippen LogP contribution in [0, 0.1) is 0 Å². The van der Waals surface area contributed by atoms with Crippen molar-refractivity contribution in [3.63, 3.8) is 0 Å². The Bertz CT molecular complexity index is 990. The molecule has 0 amide bonds. The van der Waals surface area contributed by atoms with Crippen LogP contribution in [0.4, 0.5) is 10.1 Å². The lowest BCUT2D eigenvalue weighted by Gasteiger charge is -2.29. The van der Waals surface area contributed by atoms with Crippen LogP contribution in [-0.2, 0) is 31.0 Å². The van der Waals surface area contributed by atoms with Crippen LogP contribution in [0.3, 0.4) is 0 Å². The first kappa shape index (κ1) is 22.8. The fourth-order valence-corrected chi connectivity index (χ4v) is 3.77. The first-order valence-corrected chi connectivity index (χ1v) is 11.0. The van der Waals surface area contributed by atoms with Gasteiger partial charge in [-0.25, -0.2) is 4.39 Å². The van der Waals surface area contributed by atoms with Crippen LogP contribution >= 0.6 is 0 Å². The molecule has 0 fully saturated rings. The number of nitrogens with zero attached hydrogens (tertiary/aromatic N) is 1. The number of rotatable bonds is 10. The van der Waals surface area contributed by atoms with Crippen LogP contribution in [0.1, 0.15) is 34.0 Å². The number of hydrogen-bond acceptors (Lipinski definition) is 4. The van der Waals surface area contributed by atoms with Crippen molar-refractivity contribution in [2.75, 3.05) is 4.72 Å². The number of hydrogen-bond donors (Lipinski definition) is 1. The molecular formula is C24H24FN2O3S-. The second-order valence-corrected chi connectivity index (χ2v) is 7.93. The van der Waals surface area contributed by atoms with E-state index in [1.807, 2.05) is 67.6 Å². The van der Waals surface area contributed by atoms with Gasteiger partial charge in [0, 0.05) is 35.5 Å². The summed E-state index contributed by atoms with van der Waals surface area (Å²) in [4.78, 5) is 15.4. The molecule has 0 aliphatic rings. The Morgan fingerprint density at radius 2 is 1.55 bits per heavy atom. The average molecular weight is 440 g/mol. The van der Waals surface area contributed by atoms with Gasteiger partial charge in [0.05, 0.1) is 11.7 Å². The third-order valence-electron chi connectivity index (χ3n) is 5.12. The normalized spacial score (nSPS) is 13.0. The second-order valence-electron chi connectivity index (χ2n) is 7.26. The van der Waals surface area contributed by atoms with Crippen molar-refractivity contribution in [3.05, 3.63) is 101 Å². The summed E-state index contributed by atoms with van der Waals surface area (Å²) < 4.78 is 37.5. The van der Waals surface area contributed by atoms with E-state index in [-0.39, 0.29) is 17.0 Å². The zero-order valence-corrected chi connectivity index (χ0v) is 18.0. The molecule has 7 heteroatoms. The Balaban J connectivity index is 1.88. The number of halogens is 1. The molecule has 0 saturated carbocycles. The highest BCUT2D eigenvalue weighted by Gasteiger charge is 2.24. The van der Waals surface area contributed by atoms with Crippen molar-refractivity contribution in [1.82, 2.24) is 4.90 Å². The van der Waals surface area contributed by atoms with E-state index in [0.717, 1.165) is 11.1 Å². The van der Waals surface area contributed by atoms with Gasteiger partial charge in [0.15, 0.2) is 5.78 Å². The number of anilines is 1. The molecule has 0 aromatic heterocycles. The van der Waals surface area contributed by atoms with Gasteiger partial charge in [0.1, 0.15) is 6.67 Å². The summed E-state index contributed by atoms with van der Waals surface area (Å²) in [6.07, 6.45) is 0. The van der Waals surface area contributed by atoms with Gasteiger partial charge in [-0.2, -0.15) is 0 Å². The Kier molecular flexibility index (Phi) is 8.06. The molecule has 0 heterocycles. The number of alkyl halides is 1. The minimum absolute atomic E-state index is 0.0755. The molecule has 0 spiro atoms. The van der Waals surface area contributed by atoms with Crippen molar-refractivity contribution in [2.24, 2.45) is 0 Å². The van der Waals surface area contributed by atoms with E-state index in [9.17, 15) is 17.9 Å². The first-order valence-electron chi connectivity index (χ1n) is 9.89. The van der Waals surface area contributed by atoms with E-state index < -0.39 is 24.0 Å². The SMILES string of the molecule is CC(C(=O)c1ccc(CF)c(NS(=O)[O-])c1)N(Cc1ccccc1)Cc1ccccc1. The van der Waals surface area contributed by atoms with Gasteiger partial charge in [0.2, 0.25) is 0 Å². The van der Waals surface area contributed by atoms with Gasteiger partial charge in [-0.05, 0) is 24.1 Å². The van der Waals surface area contributed by atoms with E-state index in [2.05, 4.69) is 9.62 Å². The third kappa shape index (κ3) is 6.30. The predicted molar refractivity (Wildman–Crippen MR) is 120 cm³/mol. The zero-order chi connectivity index (χ0) is 22.2. The number of Topliss-reactive ketones (excluding diaryl/α,β-unsaturated/α-hetero) is 1. The van der Waals surface area contributed by atoms with Crippen LogP contribution in [0.15, 0.2) is 78.9 Å². The van der Waals surface area contributed by atoms with E-state index in [4.69, 9.17) is 0 Å². The van der Waals surface area contributed by atoms with Crippen molar-refractivity contribution >= 4 is 22.7 Å². The molecule has 2 unspecified atom stereocenters. The highest BCUT2D eigenvalue weighted by atomic mass is 32.2. The molecule has 3 aromatic carbocycles. The van der Waals surface area contributed by atoms with E-state index in [1.54, 1.807) is 0 Å². The molecule has 31 heavy (non-hydrogen) atoms. The molecule has 0 aliphatic carbocycles. The van der Waals surface area contributed by atoms with Gasteiger partial charge in [-0.3, -0.25) is 13.9 Å². The maximum absolute atomic E-state index is 13.3. The number of benzene rings is 3. The molecule has 5 nitrogen and oxygen atoms in total. The molecule has 0 radical (unpaired) electrons. The second kappa shape index (κ2) is 10.9. The summed E-state index contributed by atoms with van der Waals surface area (Å²) in [6.45, 7) is 2.13. The lowest BCUT2D eigenvalue weighted by molar-refractivity contribution is 0.0816. The van der Waals surface area contributed by atoms with Gasteiger partial charge in [-0.1, -0.05) is 72.8 Å². The molecular weight excluding hydrogens is 415 g/mol. The molecule has 0 aliphatic heterocycles. The standard InChI is InChI=1S/C24H25FN2O3S/c1-18(24(28)21-12-13-22(15-25)23(14-21)26-31(29)30)27(16-19-8-4-2-5-9-19)17-20-10-6-3-7-11-20/h2-14,18,26H,15-17H2,1H3,(H,29,30)/p-1. The summed E-state index contributed by atoms with van der Waals surface area (Å²) in [5.41, 5.74) is 2.74. The molecule has 3 aromatic rings.